The lowest BCUT2D eigenvalue weighted by atomic mass is 10.2. The highest BCUT2D eigenvalue weighted by Gasteiger charge is 2.16. The molecule has 0 atom stereocenters. The highest BCUT2D eigenvalue weighted by atomic mass is 35.5. The number of aromatic nitrogens is 1. The highest BCUT2D eigenvalue weighted by Crippen LogP contribution is 2.29. The van der Waals surface area contributed by atoms with Crippen molar-refractivity contribution in [3.8, 4) is 0 Å². The van der Waals surface area contributed by atoms with E-state index in [1.54, 1.807) is 12.1 Å². The van der Waals surface area contributed by atoms with Gasteiger partial charge in [0.25, 0.3) is 10.0 Å². The van der Waals surface area contributed by atoms with Gasteiger partial charge in [0.15, 0.2) is 0 Å². The van der Waals surface area contributed by atoms with Crippen LogP contribution >= 0.6 is 22.9 Å². The molecule has 0 bridgehead atoms. The Kier molecular flexibility index (Phi) is 5.23. The summed E-state index contributed by atoms with van der Waals surface area (Å²) >= 11 is 7.11. The maximum atomic E-state index is 12.7. The fourth-order valence-corrected chi connectivity index (χ4v) is 4.67. The molecule has 1 N–H and O–H groups in total. The summed E-state index contributed by atoms with van der Waals surface area (Å²) in [6.07, 6.45) is 0. The zero-order valence-corrected chi connectivity index (χ0v) is 17.1. The fourth-order valence-electron chi connectivity index (χ4n) is 2.63. The number of anilines is 1. The third-order valence-electron chi connectivity index (χ3n) is 4.01. The molecule has 9 heteroatoms. The lowest BCUT2D eigenvalue weighted by Gasteiger charge is -2.16. The predicted octanol–water partition coefficient (Wildman–Crippen LogP) is 4.19. The Morgan fingerprint density at radius 3 is 2.45 bits per heavy atom. The summed E-state index contributed by atoms with van der Waals surface area (Å²) in [7, 11) is -3.90. The van der Waals surface area contributed by atoms with Crippen molar-refractivity contribution in [2.24, 2.45) is 4.99 Å². The second kappa shape index (κ2) is 7.82. The molecule has 3 aromatic carbocycles. The van der Waals surface area contributed by atoms with Crippen LogP contribution in [0.25, 0.3) is 10.2 Å². The van der Waals surface area contributed by atoms with E-state index < -0.39 is 15.9 Å². The van der Waals surface area contributed by atoms with Crippen LogP contribution in [0, 0.1) is 0 Å². The summed E-state index contributed by atoms with van der Waals surface area (Å²) in [5.74, 6) is -0.585. The molecule has 1 aromatic heterocycles. The van der Waals surface area contributed by atoms with Gasteiger partial charge in [0.1, 0.15) is 0 Å². The maximum absolute atomic E-state index is 12.7. The molecule has 0 radical (unpaired) electrons. The van der Waals surface area contributed by atoms with Crippen LogP contribution in [0.4, 0.5) is 10.8 Å². The summed E-state index contributed by atoms with van der Waals surface area (Å²) < 4.78 is 28.7. The zero-order valence-electron chi connectivity index (χ0n) is 14.7. The number of nitrogens with one attached hydrogen (secondary N) is 1. The highest BCUT2D eigenvalue weighted by molar-refractivity contribution is 7.92. The van der Waals surface area contributed by atoms with Gasteiger partial charge in [-0.3, -0.25) is 4.72 Å². The Morgan fingerprint density at radius 2 is 1.69 bits per heavy atom. The number of fused-ring (bicyclic) bond motifs is 1. The van der Waals surface area contributed by atoms with E-state index in [0.717, 1.165) is 10.2 Å². The third kappa shape index (κ3) is 4.24. The van der Waals surface area contributed by atoms with Gasteiger partial charge >= 0.3 is 0 Å². The van der Waals surface area contributed by atoms with Gasteiger partial charge in [-0.1, -0.05) is 53.3 Å². The van der Waals surface area contributed by atoms with Crippen molar-refractivity contribution < 1.29 is 13.5 Å². The van der Waals surface area contributed by atoms with Gasteiger partial charge < -0.3 is 5.11 Å². The summed E-state index contributed by atoms with van der Waals surface area (Å²) in [4.78, 5) is 8.41. The molecule has 0 aliphatic heterocycles. The van der Waals surface area contributed by atoms with Crippen LogP contribution in [-0.4, -0.2) is 19.3 Å². The van der Waals surface area contributed by atoms with E-state index in [0.29, 0.717) is 10.2 Å². The lowest BCUT2D eigenvalue weighted by Crippen LogP contribution is -2.22. The molecule has 0 amide bonds. The van der Waals surface area contributed by atoms with E-state index in [-0.39, 0.29) is 16.1 Å². The smallest absolute Gasteiger partial charge is 0.261 e. The minimum atomic E-state index is -3.90. The van der Waals surface area contributed by atoms with Crippen molar-refractivity contribution in [3.05, 3.63) is 83.4 Å². The van der Waals surface area contributed by atoms with Crippen molar-refractivity contribution in [1.82, 2.24) is 4.98 Å². The van der Waals surface area contributed by atoms with Crippen LogP contribution in [0.2, 0.25) is 5.02 Å². The molecule has 0 saturated heterocycles. The van der Waals surface area contributed by atoms with E-state index in [9.17, 15) is 13.5 Å². The molecule has 4 rings (SSSR count). The second-order valence-corrected chi connectivity index (χ2v) is 9.11. The van der Waals surface area contributed by atoms with Gasteiger partial charge in [0.05, 0.1) is 20.8 Å². The van der Waals surface area contributed by atoms with Crippen LogP contribution in [0.1, 0.15) is 5.56 Å². The first-order valence-electron chi connectivity index (χ1n) is 8.41. The van der Waals surface area contributed by atoms with Crippen LogP contribution in [0.5, 0.6) is 0 Å². The Bertz CT molecular complexity index is 1280. The quantitative estimate of drug-likeness (QED) is 0.370. The molecule has 0 aliphatic carbocycles. The van der Waals surface area contributed by atoms with E-state index in [1.807, 2.05) is 24.3 Å². The first kappa shape index (κ1) is 19.4. The number of hydrogen-bond donors (Lipinski definition) is 1. The first-order chi connectivity index (χ1) is 13.9. The van der Waals surface area contributed by atoms with Gasteiger partial charge in [-0.15, -0.1) is 0 Å². The molecule has 6 nitrogen and oxygen atoms in total. The Balaban J connectivity index is 1.68. The summed E-state index contributed by atoms with van der Waals surface area (Å²) in [5.41, 5.74) is 1.02. The predicted molar refractivity (Wildman–Crippen MR) is 115 cm³/mol. The zero-order chi connectivity index (χ0) is 20.4. The van der Waals surface area contributed by atoms with Gasteiger partial charge in [-0.2, -0.15) is 0 Å². The van der Waals surface area contributed by atoms with E-state index in [2.05, 4.69) is 14.7 Å². The number of sulfonamides is 1. The summed E-state index contributed by atoms with van der Waals surface area (Å²) in [6, 6.07) is 19.5. The number of halogens is 1. The molecule has 4 aromatic rings. The lowest BCUT2D eigenvalue weighted by molar-refractivity contribution is -0.212. The molecule has 0 unspecified atom stereocenters. The minimum absolute atomic E-state index is 0.0345. The van der Waals surface area contributed by atoms with Crippen LogP contribution in [0.3, 0.4) is 0 Å². The van der Waals surface area contributed by atoms with Gasteiger partial charge in [-0.25, -0.2) is 18.4 Å². The van der Waals surface area contributed by atoms with Gasteiger partial charge in [0, 0.05) is 10.6 Å². The van der Waals surface area contributed by atoms with Crippen molar-refractivity contribution >= 4 is 59.9 Å². The molecular formula is C20H13ClN3O3S2-. The number of para-hydroxylation sites is 2. The van der Waals surface area contributed by atoms with Crippen LogP contribution < -0.4 is 9.83 Å². The monoisotopic (exact) mass is 442 g/mol. The normalized spacial score (nSPS) is 12.2. The number of benzene rings is 3. The third-order valence-corrected chi connectivity index (χ3v) is 6.57. The number of aliphatic imine (C=N–C) groups is 1. The van der Waals surface area contributed by atoms with Crippen molar-refractivity contribution in [1.29, 1.82) is 0 Å². The molecule has 0 fully saturated rings. The van der Waals surface area contributed by atoms with Crippen molar-refractivity contribution in [2.45, 2.75) is 4.90 Å². The number of thiazole rings is 1. The largest absolute Gasteiger partial charge is 0.858 e. The topological polar surface area (TPSA) is 94.5 Å². The summed E-state index contributed by atoms with van der Waals surface area (Å²) in [6.45, 7) is 0. The van der Waals surface area contributed by atoms with Gasteiger partial charge in [-0.05, 0) is 48.4 Å². The second-order valence-electron chi connectivity index (χ2n) is 5.99. The Labute approximate surface area is 176 Å². The van der Waals surface area contributed by atoms with E-state index in [4.69, 9.17) is 11.6 Å². The number of nitrogens with zero attached hydrogens (tertiary/aromatic N) is 2. The van der Waals surface area contributed by atoms with Crippen molar-refractivity contribution in [2.75, 3.05) is 4.72 Å². The first-order valence-corrected chi connectivity index (χ1v) is 11.1. The molecule has 1 heterocycles. The molecule has 0 aliphatic rings. The molecule has 0 spiro atoms. The number of rotatable bonds is 5. The fraction of sp³-hybridized carbons (Fsp3) is 0. The van der Waals surface area contributed by atoms with Crippen LogP contribution in [0.15, 0.2) is 82.7 Å². The Morgan fingerprint density at radius 1 is 1.00 bits per heavy atom. The molecular weight excluding hydrogens is 430 g/mol. The SMILES string of the molecule is O=S(=O)(Nc1ccccc1C([O-])=Nc1nc2ccccc2s1)c1ccc(Cl)cc1. The van der Waals surface area contributed by atoms with Crippen molar-refractivity contribution in [3.63, 3.8) is 0 Å². The summed E-state index contributed by atoms with van der Waals surface area (Å²) in [5, 5.41) is 13.5. The maximum Gasteiger partial charge on any atom is 0.261 e. The minimum Gasteiger partial charge on any atom is -0.858 e. The standard InChI is InChI=1S/C20H14ClN3O3S2/c21-13-9-11-14(12-10-13)29(26,27)24-16-6-2-1-5-15(16)19(25)23-20-22-17-7-3-4-8-18(17)28-20/h1-12,24H,(H,22,23,25)/p-1. The average Bonchev–Trinajstić information content (AvgIpc) is 3.10. The molecule has 146 valence electrons. The van der Waals surface area contributed by atoms with Crippen LogP contribution in [-0.2, 0) is 10.0 Å². The Hall–Kier alpha value is -2.94. The number of hydrogen-bond acceptors (Lipinski definition) is 6. The average molecular weight is 443 g/mol. The van der Waals surface area contributed by atoms with E-state index in [1.165, 1.54) is 47.7 Å². The van der Waals surface area contributed by atoms with Gasteiger partial charge in [0.2, 0.25) is 5.13 Å². The molecule has 0 saturated carbocycles. The molecule has 29 heavy (non-hydrogen) atoms. The van der Waals surface area contributed by atoms with E-state index >= 15 is 0 Å².